The van der Waals surface area contributed by atoms with Crippen molar-refractivity contribution in [2.24, 2.45) is 15.5 Å². The van der Waals surface area contributed by atoms with E-state index in [4.69, 9.17) is 0 Å². The molecule has 0 saturated carbocycles. The minimum Gasteiger partial charge on any atom is -0.257 e. The Hall–Kier alpha value is -1.19. The first kappa shape index (κ1) is 3.98. The molecule has 0 aliphatic carbocycles. The van der Waals surface area contributed by atoms with E-state index < -0.39 is 0 Å². The molecule has 1 N–H and O–H groups in total. The maximum atomic E-state index is 3.50. The third kappa shape index (κ3) is 0.819. The standard InChI is InChI=1S/C3H4N4/c1-3-2-4-6-7-5-3/h2H,1H2,(H,5,6). The van der Waals surface area contributed by atoms with Gasteiger partial charge >= 0.3 is 0 Å². The molecule has 4 heteroatoms. The molecule has 0 amide bonds. The average Bonchev–Trinajstić information content (AvgIpc) is 1.69. The molecule has 0 fully saturated rings. The third-order valence-corrected chi connectivity index (χ3v) is 0.504. The molecular weight excluding hydrogens is 92.1 g/mol. The Morgan fingerprint density at radius 1 is 1.71 bits per heavy atom. The molecule has 0 aromatic carbocycles. The molecule has 0 unspecified atom stereocenters. The highest BCUT2D eigenvalue weighted by Gasteiger charge is 1.86. The molecule has 0 radical (unpaired) electrons. The van der Waals surface area contributed by atoms with Gasteiger partial charge < -0.3 is 0 Å². The van der Waals surface area contributed by atoms with Crippen LogP contribution in [0.15, 0.2) is 27.8 Å². The van der Waals surface area contributed by atoms with Crippen LogP contribution < -0.4 is 5.43 Å². The van der Waals surface area contributed by atoms with Gasteiger partial charge in [-0.2, -0.15) is 0 Å². The summed E-state index contributed by atoms with van der Waals surface area (Å²) in [6.07, 6.45) is 1.49. The van der Waals surface area contributed by atoms with Crippen LogP contribution in [0.5, 0.6) is 0 Å². The summed E-state index contributed by atoms with van der Waals surface area (Å²) < 4.78 is 0. The van der Waals surface area contributed by atoms with Crippen molar-refractivity contribution in [3.05, 3.63) is 12.3 Å². The highest BCUT2D eigenvalue weighted by molar-refractivity contribution is 5.76. The van der Waals surface area contributed by atoms with Gasteiger partial charge in [-0.05, 0) is 10.4 Å². The molecule has 1 rings (SSSR count). The second-order valence-corrected chi connectivity index (χ2v) is 1.07. The van der Waals surface area contributed by atoms with Gasteiger partial charge in [0.1, 0.15) is 0 Å². The van der Waals surface area contributed by atoms with Gasteiger partial charge in [0.05, 0.1) is 11.9 Å². The van der Waals surface area contributed by atoms with Gasteiger partial charge in [-0.1, -0.05) is 6.58 Å². The van der Waals surface area contributed by atoms with E-state index in [1.54, 1.807) is 0 Å². The minimum absolute atomic E-state index is 0.662. The second kappa shape index (κ2) is 1.51. The molecule has 1 heterocycles. The first-order valence-electron chi connectivity index (χ1n) is 1.77. The smallest absolute Gasteiger partial charge is 0.0759 e. The van der Waals surface area contributed by atoms with Crippen molar-refractivity contribution in [2.45, 2.75) is 0 Å². The fourth-order valence-corrected chi connectivity index (χ4v) is 0.237. The maximum absolute atomic E-state index is 3.50. The normalized spacial score (nSPS) is 16.9. The molecule has 0 saturated heterocycles. The quantitative estimate of drug-likeness (QED) is 0.467. The van der Waals surface area contributed by atoms with E-state index in [9.17, 15) is 0 Å². The SMILES string of the molecule is C=C1C=NN=NN1. The van der Waals surface area contributed by atoms with Crippen LogP contribution >= 0.6 is 0 Å². The maximum Gasteiger partial charge on any atom is 0.0759 e. The van der Waals surface area contributed by atoms with E-state index >= 15 is 0 Å². The Labute approximate surface area is 40.6 Å². The molecule has 36 valence electrons. The minimum atomic E-state index is 0.662. The first-order chi connectivity index (χ1) is 3.39. The van der Waals surface area contributed by atoms with Crippen LogP contribution in [0.4, 0.5) is 0 Å². The van der Waals surface area contributed by atoms with Crippen molar-refractivity contribution in [1.29, 1.82) is 0 Å². The number of nitrogens with one attached hydrogen (secondary N) is 1. The molecule has 0 atom stereocenters. The lowest BCUT2D eigenvalue weighted by molar-refractivity contribution is 0.788. The van der Waals surface area contributed by atoms with Crippen molar-refractivity contribution in [1.82, 2.24) is 5.43 Å². The van der Waals surface area contributed by atoms with E-state index in [1.807, 2.05) is 0 Å². The third-order valence-electron chi connectivity index (χ3n) is 0.504. The number of hydrogen-bond donors (Lipinski definition) is 1. The van der Waals surface area contributed by atoms with E-state index in [0.717, 1.165) is 0 Å². The van der Waals surface area contributed by atoms with Crippen molar-refractivity contribution in [3.63, 3.8) is 0 Å². The van der Waals surface area contributed by atoms with Crippen molar-refractivity contribution >= 4 is 6.21 Å². The predicted molar refractivity (Wildman–Crippen MR) is 25.6 cm³/mol. The fraction of sp³-hybridized carbons (Fsp3) is 0. The predicted octanol–water partition coefficient (Wildman–Crippen LogP) is 0.456. The lowest BCUT2D eigenvalue weighted by Crippen LogP contribution is -2.05. The van der Waals surface area contributed by atoms with Crippen LogP contribution in [0.2, 0.25) is 0 Å². The summed E-state index contributed by atoms with van der Waals surface area (Å²) in [4.78, 5) is 0. The van der Waals surface area contributed by atoms with Crippen LogP contribution in [0.25, 0.3) is 0 Å². The van der Waals surface area contributed by atoms with Crippen LogP contribution in [0, 0.1) is 0 Å². The Bertz CT molecular complexity index is 134. The average molecular weight is 96.1 g/mol. The van der Waals surface area contributed by atoms with Gasteiger partial charge in [0.15, 0.2) is 0 Å². The molecule has 0 aromatic rings. The molecular formula is C3H4N4. The highest BCUT2D eigenvalue weighted by Crippen LogP contribution is 1.86. The van der Waals surface area contributed by atoms with Crippen LogP contribution in [0.1, 0.15) is 0 Å². The zero-order valence-corrected chi connectivity index (χ0v) is 3.63. The number of hydrogen-bond acceptors (Lipinski definition) is 4. The van der Waals surface area contributed by atoms with Gasteiger partial charge in [0.2, 0.25) is 0 Å². The molecule has 0 aromatic heterocycles. The summed E-state index contributed by atoms with van der Waals surface area (Å²) in [5.41, 5.74) is 3.16. The zero-order valence-electron chi connectivity index (χ0n) is 3.63. The van der Waals surface area contributed by atoms with Crippen LogP contribution in [0.3, 0.4) is 0 Å². The Kier molecular flexibility index (Phi) is 0.856. The van der Waals surface area contributed by atoms with Crippen molar-refractivity contribution < 1.29 is 0 Å². The Morgan fingerprint density at radius 2 is 2.57 bits per heavy atom. The topological polar surface area (TPSA) is 49.1 Å². The van der Waals surface area contributed by atoms with E-state index in [-0.39, 0.29) is 0 Å². The van der Waals surface area contributed by atoms with E-state index in [1.165, 1.54) is 6.21 Å². The number of rotatable bonds is 0. The molecule has 7 heavy (non-hydrogen) atoms. The van der Waals surface area contributed by atoms with Crippen LogP contribution in [-0.2, 0) is 0 Å². The van der Waals surface area contributed by atoms with Crippen molar-refractivity contribution in [2.75, 3.05) is 0 Å². The molecule has 0 spiro atoms. The monoisotopic (exact) mass is 96.0 g/mol. The van der Waals surface area contributed by atoms with E-state index in [2.05, 4.69) is 27.6 Å². The zero-order chi connectivity index (χ0) is 5.11. The molecule has 1 aliphatic heterocycles. The largest absolute Gasteiger partial charge is 0.257 e. The molecule has 4 nitrogen and oxygen atoms in total. The highest BCUT2D eigenvalue weighted by atomic mass is 15.5. The number of allylic oxidation sites excluding steroid dienone is 1. The number of nitrogens with zero attached hydrogens (tertiary/aromatic N) is 3. The first-order valence-corrected chi connectivity index (χ1v) is 1.77. The van der Waals surface area contributed by atoms with Crippen molar-refractivity contribution in [3.8, 4) is 0 Å². The van der Waals surface area contributed by atoms with Gasteiger partial charge in [0, 0.05) is 0 Å². The lowest BCUT2D eigenvalue weighted by atomic mass is 10.6. The summed E-state index contributed by atoms with van der Waals surface area (Å²) in [6, 6.07) is 0. The van der Waals surface area contributed by atoms with Gasteiger partial charge in [0.25, 0.3) is 0 Å². The van der Waals surface area contributed by atoms with Gasteiger partial charge in [-0.25, -0.2) is 0 Å². The summed E-state index contributed by atoms with van der Waals surface area (Å²) in [5.74, 6) is 0. The molecule has 1 aliphatic rings. The van der Waals surface area contributed by atoms with Crippen LogP contribution in [-0.4, -0.2) is 6.21 Å². The summed E-state index contributed by atoms with van der Waals surface area (Å²) in [7, 11) is 0. The Morgan fingerprint density at radius 3 is 2.86 bits per heavy atom. The van der Waals surface area contributed by atoms with E-state index in [0.29, 0.717) is 5.70 Å². The summed E-state index contributed by atoms with van der Waals surface area (Å²) >= 11 is 0. The summed E-state index contributed by atoms with van der Waals surface area (Å²) in [5, 5.41) is 10.0. The second-order valence-electron chi connectivity index (χ2n) is 1.07. The van der Waals surface area contributed by atoms with Gasteiger partial charge in [-0.15, -0.1) is 5.10 Å². The Balaban J connectivity index is 2.66. The fourth-order valence-electron chi connectivity index (χ4n) is 0.237. The lowest BCUT2D eigenvalue weighted by Gasteiger charge is -1.95. The molecule has 0 bridgehead atoms. The van der Waals surface area contributed by atoms with Gasteiger partial charge in [-0.3, -0.25) is 5.43 Å². The summed E-state index contributed by atoms with van der Waals surface area (Å²) in [6.45, 7) is 3.50.